The van der Waals surface area contributed by atoms with Gasteiger partial charge < -0.3 is 25.7 Å². The van der Waals surface area contributed by atoms with E-state index in [-0.39, 0.29) is 17.3 Å². The average Bonchev–Trinajstić information content (AvgIpc) is 3.00. The van der Waals surface area contributed by atoms with E-state index >= 15 is 0 Å². The van der Waals surface area contributed by atoms with E-state index in [0.717, 1.165) is 0 Å². The van der Waals surface area contributed by atoms with Crippen LogP contribution in [0.25, 0.3) is 0 Å². The van der Waals surface area contributed by atoms with Crippen molar-refractivity contribution in [2.24, 2.45) is 10.8 Å². The molecule has 0 aliphatic heterocycles. The summed E-state index contributed by atoms with van der Waals surface area (Å²) >= 11 is 0. The minimum Gasteiger partial charge on any atom is -0.496 e. The van der Waals surface area contributed by atoms with Crippen molar-refractivity contribution in [1.82, 2.24) is 10.3 Å². The lowest BCUT2D eigenvalue weighted by Crippen LogP contribution is -2.63. The van der Waals surface area contributed by atoms with Gasteiger partial charge in [0.2, 0.25) is 12.1 Å². The Morgan fingerprint density at radius 3 is 2.35 bits per heavy atom. The monoisotopic (exact) mass is 321 g/mol. The molecule has 0 bridgehead atoms. The number of ether oxygens (including phenoxy) is 3. The molecule has 0 radical (unpaired) electrons. The van der Waals surface area contributed by atoms with E-state index in [1.165, 1.54) is 14.2 Å². The van der Waals surface area contributed by atoms with Crippen LogP contribution in [0.3, 0.4) is 0 Å². The van der Waals surface area contributed by atoms with Gasteiger partial charge in [0, 0.05) is 17.2 Å². The molecule has 23 heavy (non-hydrogen) atoms. The van der Waals surface area contributed by atoms with Crippen LogP contribution in [0.5, 0.6) is 17.2 Å². The summed E-state index contributed by atoms with van der Waals surface area (Å²) in [4.78, 5) is 0. The Kier molecular flexibility index (Phi) is 4.97. The zero-order chi connectivity index (χ0) is 16.8. The molecule has 1 aromatic carbocycles. The number of hydrazone groups is 1. The van der Waals surface area contributed by atoms with Gasteiger partial charge in [0.15, 0.2) is 23.0 Å². The molecule has 0 saturated carbocycles. The second kappa shape index (κ2) is 7.11. The first-order valence-electron chi connectivity index (χ1n) is 6.41. The number of amidine groups is 1. The molecule has 0 amide bonds. The maximum atomic E-state index is 5.73. The summed E-state index contributed by atoms with van der Waals surface area (Å²) < 4.78 is 20.2. The molecule has 10 nitrogen and oxygen atoms in total. The third-order valence-electron chi connectivity index (χ3n) is 2.90. The lowest BCUT2D eigenvalue weighted by atomic mass is 10.2. The number of nitrogens with zero attached hydrogens (tertiary/aromatic N) is 3. The first-order valence-corrected chi connectivity index (χ1v) is 6.41. The summed E-state index contributed by atoms with van der Waals surface area (Å²) in [6.45, 7) is 0. The number of benzene rings is 1. The molecule has 0 spiro atoms. The Balaban J connectivity index is 2.30. The summed E-state index contributed by atoms with van der Waals surface area (Å²) in [5, 5.41) is 13.6. The van der Waals surface area contributed by atoms with Gasteiger partial charge in [0.1, 0.15) is 5.75 Å². The van der Waals surface area contributed by atoms with Crippen LogP contribution in [-0.2, 0) is 0 Å². The largest absolute Gasteiger partial charge is 0.496 e. The molecule has 0 aliphatic carbocycles. The van der Waals surface area contributed by atoms with Crippen molar-refractivity contribution in [3.05, 3.63) is 23.4 Å². The number of rotatable bonds is 6. The molecule has 1 aromatic heterocycles. The summed E-state index contributed by atoms with van der Waals surface area (Å²) in [7, 11) is 4.62. The minimum absolute atomic E-state index is 0.0273. The van der Waals surface area contributed by atoms with Crippen molar-refractivity contribution in [1.29, 1.82) is 0 Å². The van der Waals surface area contributed by atoms with Gasteiger partial charge in [0.25, 0.3) is 0 Å². The normalized spacial score (nSPS) is 11.7. The maximum absolute atomic E-state index is 5.73. The fraction of sp³-hybridized carbons (Fsp3) is 0.231. The average molecular weight is 321 g/mol. The van der Waals surface area contributed by atoms with Crippen LogP contribution >= 0.6 is 0 Å². The van der Waals surface area contributed by atoms with Gasteiger partial charge in [-0.05, 0) is 10.3 Å². The minimum atomic E-state index is 0.0273. The number of aromatic nitrogens is 2. The van der Waals surface area contributed by atoms with Gasteiger partial charge in [-0.2, -0.15) is 0 Å². The van der Waals surface area contributed by atoms with Crippen molar-refractivity contribution in [3.63, 3.8) is 0 Å². The Bertz CT molecular complexity index is 740. The number of nitrogen functional groups attached to an aromatic ring is 1. The third-order valence-corrected chi connectivity index (χ3v) is 2.90. The molecule has 10 heteroatoms. The molecule has 0 atom stereocenters. The Morgan fingerprint density at radius 1 is 1.13 bits per heavy atom. The highest BCUT2D eigenvalue weighted by Crippen LogP contribution is 2.33. The predicted molar refractivity (Wildman–Crippen MR) is 81.7 cm³/mol. The number of nitrogens with two attached hydrogens (primary N) is 2. The fourth-order valence-electron chi connectivity index (χ4n) is 1.76. The molecule has 0 unspecified atom stereocenters. The van der Waals surface area contributed by atoms with Crippen LogP contribution in [-0.4, -0.2) is 43.7 Å². The quantitative estimate of drug-likeness (QED) is 0.331. The van der Waals surface area contributed by atoms with Crippen molar-refractivity contribution in [2.45, 2.75) is 0 Å². The zero-order valence-corrected chi connectivity index (χ0v) is 12.9. The Hall–Kier alpha value is -3.30. The van der Waals surface area contributed by atoms with E-state index < -0.39 is 0 Å². The van der Waals surface area contributed by atoms with Crippen LogP contribution in [0.2, 0.25) is 0 Å². The van der Waals surface area contributed by atoms with E-state index in [4.69, 9.17) is 25.7 Å². The molecule has 2 rings (SSSR count). The molecule has 0 aliphatic rings. The van der Waals surface area contributed by atoms with Crippen molar-refractivity contribution >= 4 is 17.9 Å². The van der Waals surface area contributed by atoms with Crippen LogP contribution in [0.15, 0.2) is 21.9 Å². The highest BCUT2D eigenvalue weighted by Gasteiger charge is 2.14. The van der Waals surface area contributed by atoms with Crippen molar-refractivity contribution in [3.8, 4) is 17.2 Å². The second-order valence-corrected chi connectivity index (χ2v) is 4.22. The topological polar surface area (TPSA) is 145 Å². The fourth-order valence-corrected chi connectivity index (χ4v) is 1.76. The van der Waals surface area contributed by atoms with Crippen molar-refractivity contribution < 1.29 is 23.9 Å². The molecule has 5 N–H and O–H groups in total. The lowest BCUT2D eigenvalue weighted by Gasteiger charge is -2.10. The van der Waals surface area contributed by atoms with Gasteiger partial charge in [-0.1, -0.05) is 0 Å². The van der Waals surface area contributed by atoms with Crippen molar-refractivity contribution in [2.75, 3.05) is 27.1 Å². The number of methoxy groups -OCH3 is 3. The van der Waals surface area contributed by atoms with Gasteiger partial charge in [-0.25, -0.2) is 4.63 Å². The number of nitrogens with one attached hydrogen (secondary N) is 1. The molecular formula is C13H17N6O4+. The first kappa shape index (κ1) is 16.1. The van der Waals surface area contributed by atoms with E-state index in [1.807, 2.05) is 0 Å². The Morgan fingerprint density at radius 2 is 1.78 bits per heavy atom. The maximum Gasteiger partial charge on any atom is 0.224 e. The van der Waals surface area contributed by atoms with Crippen LogP contribution < -0.4 is 30.8 Å². The SMILES string of the molecule is COc1cc(OC)c(OC)cc1C=[NH+]N=C(N)c1nonc1N. The van der Waals surface area contributed by atoms with E-state index in [1.54, 1.807) is 25.5 Å². The summed E-state index contributed by atoms with van der Waals surface area (Å²) in [5.41, 5.74) is 12.1. The van der Waals surface area contributed by atoms with Crippen LogP contribution in [0.4, 0.5) is 5.82 Å². The number of hydrogen-bond donors (Lipinski definition) is 3. The summed E-state index contributed by atoms with van der Waals surface area (Å²) in [6, 6.07) is 3.42. The third kappa shape index (κ3) is 3.48. The first-order chi connectivity index (χ1) is 11.1. The standard InChI is InChI=1S/C13H16N6O4/c1-20-8-5-10(22-3)9(21-2)4-7(8)6-16-17-12(14)11-13(15)19-23-18-11/h4-6H,1-3H3,(H2,14,17)(H2,15,19)/p+1. The van der Waals surface area contributed by atoms with E-state index in [2.05, 4.69) is 25.1 Å². The predicted octanol–water partition coefficient (Wildman–Crippen LogP) is -1.50. The summed E-state index contributed by atoms with van der Waals surface area (Å²) in [5.74, 6) is 1.73. The molecule has 0 fully saturated rings. The van der Waals surface area contributed by atoms with Gasteiger partial charge in [-0.3, -0.25) is 0 Å². The highest BCUT2D eigenvalue weighted by atomic mass is 16.6. The van der Waals surface area contributed by atoms with Gasteiger partial charge in [0.05, 0.1) is 26.9 Å². The summed E-state index contributed by atoms with van der Waals surface area (Å²) in [6.07, 6.45) is 1.57. The van der Waals surface area contributed by atoms with E-state index in [0.29, 0.717) is 22.8 Å². The second-order valence-electron chi connectivity index (χ2n) is 4.22. The van der Waals surface area contributed by atoms with Crippen LogP contribution in [0.1, 0.15) is 11.3 Å². The van der Waals surface area contributed by atoms with Gasteiger partial charge >= 0.3 is 0 Å². The highest BCUT2D eigenvalue weighted by molar-refractivity contribution is 5.98. The molecule has 1 heterocycles. The number of anilines is 1. The molecule has 0 saturated heterocycles. The zero-order valence-electron chi connectivity index (χ0n) is 12.9. The lowest BCUT2D eigenvalue weighted by molar-refractivity contribution is -0.456. The smallest absolute Gasteiger partial charge is 0.224 e. The van der Waals surface area contributed by atoms with Crippen LogP contribution in [0, 0.1) is 0 Å². The molecule has 2 aromatic rings. The Labute approximate surface area is 131 Å². The van der Waals surface area contributed by atoms with E-state index in [9.17, 15) is 0 Å². The number of hydrogen-bond acceptors (Lipinski definition) is 8. The molecule has 122 valence electrons. The molecular weight excluding hydrogens is 304 g/mol. The van der Waals surface area contributed by atoms with Gasteiger partial charge in [-0.15, -0.1) is 5.10 Å².